The molecule has 2 rings (SSSR count). The molecule has 0 heterocycles. The molecule has 0 unspecified atom stereocenters. The van der Waals surface area contributed by atoms with E-state index in [0.29, 0.717) is 5.56 Å². The van der Waals surface area contributed by atoms with Crippen LogP contribution in [-0.2, 0) is 0 Å². The van der Waals surface area contributed by atoms with E-state index in [1.54, 1.807) is 6.08 Å². The molecule has 0 saturated heterocycles. The largest absolute Gasteiger partial charge is 0.289 e. The Bertz CT molecular complexity index is 697. The van der Waals surface area contributed by atoms with Crippen LogP contribution in [0, 0.1) is 5.82 Å². The number of rotatable bonds is 8. The standard InChI is InChI=1S/C22H23FO/c1-2-3-5-8-19(17-18-9-6-4-7-10-18)11-16-22(24)20-12-14-21(23)15-13-20/h4,6-7,9-17H,2-3,5,8H2,1H3/b16-11+,19-17-. The van der Waals surface area contributed by atoms with Gasteiger partial charge in [-0.2, -0.15) is 0 Å². The van der Waals surface area contributed by atoms with Crippen molar-refractivity contribution in [1.29, 1.82) is 0 Å². The molecular formula is C22H23FO. The van der Waals surface area contributed by atoms with Crippen LogP contribution in [0.15, 0.2) is 72.3 Å². The van der Waals surface area contributed by atoms with Gasteiger partial charge in [-0.25, -0.2) is 4.39 Å². The molecule has 0 saturated carbocycles. The zero-order chi connectivity index (χ0) is 17.2. The van der Waals surface area contributed by atoms with Crippen molar-refractivity contribution >= 4 is 11.9 Å². The number of carbonyl (C=O) groups is 1. The van der Waals surface area contributed by atoms with E-state index in [2.05, 4.69) is 25.1 Å². The van der Waals surface area contributed by atoms with E-state index in [0.717, 1.165) is 30.4 Å². The van der Waals surface area contributed by atoms with E-state index in [1.807, 2.05) is 24.3 Å². The summed E-state index contributed by atoms with van der Waals surface area (Å²) < 4.78 is 12.9. The van der Waals surface area contributed by atoms with Crippen LogP contribution >= 0.6 is 0 Å². The Morgan fingerprint density at radius 2 is 1.67 bits per heavy atom. The molecule has 2 aromatic rings. The topological polar surface area (TPSA) is 17.1 Å². The van der Waals surface area contributed by atoms with E-state index >= 15 is 0 Å². The Morgan fingerprint density at radius 1 is 0.958 bits per heavy atom. The van der Waals surface area contributed by atoms with Crippen molar-refractivity contribution in [2.24, 2.45) is 0 Å². The van der Waals surface area contributed by atoms with Crippen molar-refractivity contribution in [3.8, 4) is 0 Å². The van der Waals surface area contributed by atoms with Gasteiger partial charge in [-0.3, -0.25) is 4.79 Å². The highest BCUT2D eigenvalue weighted by Gasteiger charge is 2.02. The first-order valence-corrected chi connectivity index (χ1v) is 8.42. The zero-order valence-corrected chi connectivity index (χ0v) is 14.0. The normalized spacial score (nSPS) is 11.8. The Balaban J connectivity index is 2.13. The molecular weight excluding hydrogens is 299 g/mol. The molecule has 24 heavy (non-hydrogen) atoms. The summed E-state index contributed by atoms with van der Waals surface area (Å²) >= 11 is 0. The fraction of sp³-hybridized carbons (Fsp3) is 0.227. The second-order valence-electron chi connectivity index (χ2n) is 5.79. The quantitative estimate of drug-likeness (QED) is 0.244. The third-order valence-electron chi connectivity index (χ3n) is 3.80. The second kappa shape index (κ2) is 9.61. The Kier molecular flexibility index (Phi) is 7.16. The summed E-state index contributed by atoms with van der Waals surface area (Å²) in [4.78, 5) is 12.2. The van der Waals surface area contributed by atoms with Crippen molar-refractivity contribution < 1.29 is 9.18 Å². The summed E-state index contributed by atoms with van der Waals surface area (Å²) in [5.41, 5.74) is 2.76. The van der Waals surface area contributed by atoms with E-state index in [-0.39, 0.29) is 11.6 Å². The van der Waals surface area contributed by atoms with Crippen molar-refractivity contribution in [3.05, 3.63) is 89.3 Å². The minimum atomic E-state index is -0.334. The number of benzene rings is 2. The average Bonchev–Trinajstić information content (AvgIpc) is 2.61. The van der Waals surface area contributed by atoms with Crippen LogP contribution in [-0.4, -0.2) is 5.78 Å². The first kappa shape index (κ1) is 17.9. The molecule has 0 spiro atoms. The summed E-state index contributed by atoms with van der Waals surface area (Å²) in [7, 11) is 0. The summed E-state index contributed by atoms with van der Waals surface area (Å²) in [5, 5.41) is 0. The fourth-order valence-electron chi connectivity index (χ4n) is 2.44. The first-order chi connectivity index (χ1) is 11.7. The molecule has 0 aliphatic rings. The maximum atomic E-state index is 12.9. The Morgan fingerprint density at radius 3 is 2.33 bits per heavy atom. The molecule has 0 N–H and O–H groups in total. The van der Waals surface area contributed by atoms with Gasteiger partial charge >= 0.3 is 0 Å². The second-order valence-corrected chi connectivity index (χ2v) is 5.79. The predicted octanol–water partition coefficient (Wildman–Crippen LogP) is 6.23. The lowest BCUT2D eigenvalue weighted by molar-refractivity contribution is 0.104. The zero-order valence-electron chi connectivity index (χ0n) is 14.0. The highest BCUT2D eigenvalue weighted by atomic mass is 19.1. The smallest absolute Gasteiger partial charge is 0.185 e. The van der Waals surface area contributed by atoms with Crippen LogP contribution in [0.2, 0.25) is 0 Å². The monoisotopic (exact) mass is 322 g/mol. The predicted molar refractivity (Wildman–Crippen MR) is 98.4 cm³/mol. The fourth-order valence-corrected chi connectivity index (χ4v) is 2.44. The third kappa shape index (κ3) is 5.96. The van der Waals surface area contributed by atoms with Crippen molar-refractivity contribution in [3.63, 3.8) is 0 Å². The van der Waals surface area contributed by atoms with Crippen LogP contribution in [0.25, 0.3) is 6.08 Å². The van der Waals surface area contributed by atoms with E-state index in [4.69, 9.17) is 0 Å². The van der Waals surface area contributed by atoms with Gasteiger partial charge in [0.15, 0.2) is 5.78 Å². The minimum absolute atomic E-state index is 0.107. The van der Waals surface area contributed by atoms with Gasteiger partial charge in [-0.05, 0) is 54.3 Å². The minimum Gasteiger partial charge on any atom is -0.289 e. The van der Waals surface area contributed by atoms with Crippen molar-refractivity contribution in [2.75, 3.05) is 0 Å². The van der Waals surface area contributed by atoms with Gasteiger partial charge in [0, 0.05) is 5.56 Å². The van der Waals surface area contributed by atoms with Crippen LogP contribution in [0.4, 0.5) is 4.39 Å². The lowest BCUT2D eigenvalue weighted by Gasteiger charge is -2.03. The molecule has 2 heteroatoms. The molecule has 0 aliphatic carbocycles. The van der Waals surface area contributed by atoms with E-state index < -0.39 is 0 Å². The highest BCUT2D eigenvalue weighted by molar-refractivity contribution is 6.04. The summed E-state index contributed by atoms with van der Waals surface area (Å²) in [5.74, 6) is -0.441. The summed E-state index contributed by atoms with van der Waals surface area (Å²) in [6.45, 7) is 2.18. The van der Waals surface area contributed by atoms with Crippen LogP contribution in [0.3, 0.4) is 0 Å². The molecule has 124 valence electrons. The van der Waals surface area contributed by atoms with Crippen molar-refractivity contribution in [2.45, 2.75) is 32.6 Å². The van der Waals surface area contributed by atoms with E-state index in [9.17, 15) is 9.18 Å². The van der Waals surface area contributed by atoms with Gasteiger partial charge in [0.1, 0.15) is 5.82 Å². The molecule has 0 fully saturated rings. The third-order valence-corrected chi connectivity index (χ3v) is 3.80. The summed E-state index contributed by atoms with van der Waals surface area (Å²) in [6.07, 6.45) is 9.95. The molecule has 0 amide bonds. The number of allylic oxidation sites excluding steroid dienone is 3. The van der Waals surface area contributed by atoms with Gasteiger partial charge < -0.3 is 0 Å². The number of unbranched alkanes of at least 4 members (excludes halogenated alkanes) is 2. The Hall–Kier alpha value is -2.48. The first-order valence-electron chi connectivity index (χ1n) is 8.42. The lowest BCUT2D eigenvalue weighted by Crippen LogP contribution is -1.94. The molecule has 2 aromatic carbocycles. The maximum Gasteiger partial charge on any atom is 0.185 e. The number of hydrogen-bond donors (Lipinski definition) is 0. The highest BCUT2D eigenvalue weighted by Crippen LogP contribution is 2.16. The molecule has 0 aromatic heterocycles. The SMILES string of the molecule is CCCCCC(=C/c1ccccc1)/C=C/C(=O)c1ccc(F)cc1. The van der Waals surface area contributed by atoms with E-state index in [1.165, 1.54) is 30.7 Å². The average molecular weight is 322 g/mol. The van der Waals surface area contributed by atoms with Crippen LogP contribution in [0.1, 0.15) is 48.5 Å². The molecule has 1 nitrogen and oxygen atoms in total. The number of halogens is 1. The molecule has 0 aliphatic heterocycles. The number of carbonyl (C=O) groups excluding carboxylic acids is 1. The summed E-state index contributed by atoms with van der Waals surface area (Å²) in [6, 6.07) is 15.7. The molecule has 0 atom stereocenters. The van der Waals surface area contributed by atoms with Gasteiger partial charge in [0.25, 0.3) is 0 Å². The van der Waals surface area contributed by atoms with Gasteiger partial charge in [0.2, 0.25) is 0 Å². The molecule has 0 radical (unpaired) electrons. The van der Waals surface area contributed by atoms with Crippen molar-refractivity contribution in [1.82, 2.24) is 0 Å². The van der Waals surface area contributed by atoms with Gasteiger partial charge in [-0.1, -0.05) is 62.2 Å². The Labute approximate surface area is 143 Å². The number of hydrogen-bond acceptors (Lipinski definition) is 1. The van der Waals surface area contributed by atoms with Gasteiger partial charge in [-0.15, -0.1) is 0 Å². The maximum absolute atomic E-state index is 12.9. The van der Waals surface area contributed by atoms with Crippen LogP contribution < -0.4 is 0 Å². The molecule has 0 bridgehead atoms. The van der Waals surface area contributed by atoms with Crippen LogP contribution in [0.5, 0.6) is 0 Å². The lowest BCUT2D eigenvalue weighted by atomic mass is 10.0. The van der Waals surface area contributed by atoms with Gasteiger partial charge in [0.05, 0.1) is 0 Å². The number of ketones is 1.